The van der Waals surface area contributed by atoms with E-state index in [-0.39, 0.29) is 0 Å². The van der Waals surface area contributed by atoms with Gasteiger partial charge in [0.2, 0.25) is 0 Å². The first kappa shape index (κ1) is 15.8. The number of aromatic nitrogens is 2. The highest BCUT2D eigenvalue weighted by Gasteiger charge is 2.05. The molecular weight excluding hydrogens is 278 g/mol. The molecule has 0 fully saturated rings. The highest BCUT2D eigenvalue weighted by Crippen LogP contribution is 2.23. The van der Waals surface area contributed by atoms with E-state index in [9.17, 15) is 0 Å². The highest BCUT2D eigenvalue weighted by molar-refractivity contribution is 7.98. The van der Waals surface area contributed by atoms with Gasteiger partial charge in [0, 0.05) is 23.2 Å². The van der Waals surface area contributed by atoms with Crippen molar-refractivity contribution in [1.82, 2.24) is 9.97 Å². The van der Waals surface area contributed by atoms with E-state index in [1.165, 1.54) is 10.5 Å². The van der Waals surface area contributed by atoms with Gasteiger partial charge in [-0.2, -0.15) is 0 Å². The van der Waals surface area contributed by atoms with Crippen LogP contribution in [0.15, 0.2) is 35.2 Å². The molecule has 2 aromatic rings. The molecular formula is C17H23N3S. The summed E-state index contributed by atoms with van der Waals surface area (Å²) in [6, 6.07) is 10.6. The Labute approximate surface area is 131 Å². The smallest absolute Gasteiger partial charge is 0.141 e. The predicted octanol–water partition coefficient (Wildman–Crippen LogP) is 4.46. The second-order valence-electron chi connectivity index (χ2n) is 5.05. The summed E-state index contributed by atoms with van der Waals surface area (Å²) in [5, 5.41) is 3.29. The van der Waals surface area contributed by atoms with Crippen LogP contribution in [0.1, 0.15) is 37.4 Å². The van der Waals surface area contributed by atoms with Gasteiger partial charge in [0.05, 0.1) is 5.75 Å². The van der Waals surface area contributed by atoms with Crippen LogP contribution < -0.4 is 5.32 Å². The molecule has 3 nitrogen and oxygen atoms in total. The van der Waals surface area contributed by atoms with Crippen molar-refractivity contribution in [2.75, 3.05) is 11.9 Å². The number of hydrogen-bond acceptors (Lipinski definition) is 4. The molecule has 4 heteroatoms. The fourth-order valence-corrected chi connectivity index (χ4v) is 2.99. The van der Waals surface area contributed by atoms with Crippen molar-refractivity contribution in [1.29, 1.82) is 0 Å². The van der Waals surface area contributed by atoms with E-state index >= 15 is 0 Å². The van der Waals surface area contributed by atoms with E-state index in [1.807, 2.05) is 0 Å². The summed E-state index contributed by atoms with van der Waals surface area (Å²) in [4.78, 5) is 10.5. The molecule has 2 rings (SSSR count). The van der Waals surface area contributed by atoms with Crippen molar-refractivity contribution in [2.24, 2.45) is 0 Å². The van der Waals surface area contributed by atoms with Crippen molar-refractivity contribution < 1.29 is 0 Å². The molecule has 1 N–H and O–H groups in total. The number of nitrogens with one attached hydrogen (secondary N) is 1. The van der Waals surface area contributed by atoms with E-state index in [4.69, 9.17) is 0 Å². The molecule has 112 valence electrons. The molecule has 0 bridgehead atoms. The molecule has 1 heterocycles. The van der Waals surface area contributed by atoms with E-state index in [2.05, 4.69) is 66.4 Å². The first-order chi connectivity index (χ1) is 10.2. The van der Waals surface area contributed by atoms with E-state index < -0.39 is 0 Å². The third-order valence-corrected chi connectivity index (χ3v) is 4.04. The Kier molecular flexibility index (Phi) is 6.05. The van der Waals surface area contributed by atoms with Crippen LogP contribution >= 0.6 is 11.8 Å². The van der Waals surface area contributed by atoms with Crippen LogP contribution in [0.25, 0.3) is 0 Å². The van der Waals surface area contributed by atoms with Gasteiger partial charge < -0.3 is 5.32 Å². The number of benzene rings is 1. The van der Waals surface area contributed by atoms with Crippen LogP contribution in [0.4, 0.5) is 5.82 Å². The summed E-state index contributed by atoms with van der Waals surface area (Å²) in [7, 11) is 0. The summed E-state index contributed by atoms with van der Waals surface area (Å²) in [6.45, 7) is 7.26. The molecule has 0 amide bonds. The third-order valence-electron chi connectivity index (χ3n) is 3.05. The summed E-state index contributed by atoms with van der Waals surface area (Å²) in [5.74, 6) is 2.65. The van der Waals surface area contributed by atoms with Crippen LogP contribution in [0, 0.1) is 6.92 Å². The van der Waals surface area contributed by atoms with Gasteiger partial charge in [0.1, 0.15) is 11.6 Å². The van der Waals surface area contributed by atoms with Crippen LogP contribution in [-0.2, 0) is 12.2 Å². The van der Waals surface area contributed by atoms with Crippen molar-refractivity contribution in [3.05, 3.63) is 47.4 Å². The Bertz CT molecular complexity index is 560. The number of thioether (sulfide) groups is 1. The van der Waals surface area contributed by atoms with Gasteiger partial charge in [-0.3, -0.25) is 0 Å². The van der Waals surface area contributed by atoms with E-state index in [1.54, 1.807) is 11.8 Å². The average Bonchev–Trinajstić information content (AvgIpc) is 2.46. The lowest BCUT2D eigenvalue weighted by Gasteiger charge is -2.08. The molecule has 0 aliphatic rings. The molecule has 0 spiro atoms. The molecule has 21 heavy (non-hydrogen) atoms. The van der Waals surface area contributed by atoms with Gasteiger partial charge in [-0.25, -0.2) is 9.97 Å². The van der Waals surface area contributed by atoms with E-state index in [0.717, 1.165) is 42.5 Å². The maximum absolute atomic E-state index is 4.67. The van der Waals surface area contributed by atoms with Crippen LogP contribution in [0.5, 0.6) is 0 Å². The largest absolute Gasteiger partial charge is 0.370 e. The Morgan fingerprint density at radius 1 is 1.14 bits per heavy atom. The summed E-state index contributed by atoms with van der Waals surface area (Å²) in [5.41, 5.74) is 2.41. The molecule has 1 aromatic heterocycles. The third kappa shape index (κ3) is 5.05. The molecule has 0 radical (unpaired) electrons. The topological polar surface area (TPSA) is 37.8 Å². The molecule has 0 saturated heterocycles. The average molecular weight is 301 g/mol. The maximum atomic E-state index is 4.67. The monoisotopic (exact) mass is 301 g/mol. The Hall–Kier alpha value is -1.55. The molecule has 1 aromatic carbocycles. The minimum Gasteiger partial charge on any atom is -0.370 e. The molecule has 0 aliphatic heterocycles. The van der Waals surface area contributed by atoms with Crippen molar-refractivity contribution in [3.8, 4) is 0 Å². The Morgan fingerprint density at radius 3 is 2.71 bits per heavy atom. The number of nitrogens with zero attached hydrogens (tertiary/aromatic N) is 2. The minimum absolute atomic E-state index is 0.805. The van der Waals surface area contributed by atoms with Crippen LogP contribution in [0.2, 0.25) is 0 Å². The van der Waals surface area contributed by atoms with E-state index in [0.29, 0.717) is 0 Å². The molecule has 0 atom stereocenters. The van der Waals surface area contributed by atoms with Gasteiger partial charge in [-0.1, -0.05) is 31.0 Å². The summed E-state index contributed by atoms with van der Waals surface area (Å²) >= 11 is 1.79. The van der Waals surface area contributed by atoms with Gasteiger partial charge in [0.25, 0.3) is 0 Å². The number of rotatable bonds is 7. The SMILES string of the molecule is CCCc1cc(NCC)nc(CSc2cccc(C)c2)n1. The normalized spacial score (nSPS) is 10.6. The quantitative estimate of drug-likeness (QED) is 0.766. The van der Waals surface area contributed by atoms with Crippen LogP contribution in [0.3, 0.4) is 0 Å². The first-order valence-electron chi connectivity index (χ1n) is 7.51. The first-order valence-corrected chi connectivity index (χ1v) is 8.50. The predicted molar refractivity (Wildman–Crippen MR) is 90.9 cm³/mol. The molecule has 0 unspecified atom stereocenters. The van der Waals surface area contributed by atoms with Gasteiger partial charge >= 0.3 is 0 Å². The number of hydrogen-bond donors (Lipinski definition) is 1. The summed E-state index contributed by atoms with van der Waals surface area (Å²) < 4.78 is 0. The van der Waals surface area contributed by atoms with Gasteiger partial charge in [-0.15, -0.1) is 11.8 Å². The fourth-order valence-electron chi connectivity index (χ4n) is 2.13. The second kappa shape index (κ2) is 8.03. The Morgan fingerprint density at radius 2 is 2.00 bits per heavy atom. The maximum Gasteiger partial charge on any atom is 0.141 e. The standard InChI is InChI=1S/C17H23N3S/c1-4-7-14-11-16(18-5-2)20-17(19-14)12-21-15-9-6-8-13(3)10-15/h6,8-11H,4-5,7,12H2,1-3H3,(H,18,19,20). The lowest BCUT2D eigenvalue weighted by atomic mass is 10.2. The fraction of sp³-hybridized carbons (Fsp3) is 0.412. The van der Waals surface area contributed by atoms with Crippen molar-refractivity contribution in [3.63, 3.8) is 0 Å². The number of anilines is 1. The lowest BCUT2D eigenvalue weighted by molar-refractivity contribution is 0.853. The number of aryl methyl sites for hydroxylation is 2. The lowest BCUT2D eigenvalue weighted by Crippen LogP contribution is -2.05. The minimum atomic E-state index is 0.805. The zero-order valence-electron chi connectivity index (χ0n) is 13.0. The molecule has 0 saturated carbocycles. The summed E-state index contributed by atoms with van der Waals surface area (Å²) in [6.07, 6.45) is 2.11. The zero-order chi connectivity index (χ0) is 15.1. The highest BCUT2D eigenvalue weighted by atomic mass is 32.2. The molecule has 0 aliphatic carbocycles. The van der Waals surface area contributed by atoms with Crippen molar-refractivity contribution in [2.45, 2.75) is 44.3 Å². The van der Waals surface area contributed by atoms with Gasteiger partial charge in [-0.05, 0) is 32.4 Å². The van der Waals surface area contributed by atoms with Gasteiger partial charge in [0.15, 0.2) is 0 Å². The zero-order valence-corrected chi connectivity index (χ0v) is 13.8. The van der Waals surface area contributed by atoms with Crippen molar-refractivity contribution >= 4 is 17.6 Å². The van der Waals surface area contributed by atoms with Crippen LogP contribution in [-0.4, -0.2) is 16.5 Å². The second-order valence-corrected chi connectivity index (χ2v) is 6.10. The Balaban J connectivity index is 2.10.